The van der Waals surface area contributed by atoms with Crippen molar-refractivity contribution in [2.75, 3.05) is 16.2 Å². The minimum atomic E-state index is -3.86. The van der Waals surface area contributed by atoms with Crippen LogP contribution in [0.2, 0.25) is 0 Å². The Morgan fingerprint density at radius 2 is 1.73 bits per heavy atom. The SMILES string of the molecule is CCCCN(Cc1ccccc1)c1ccc(NS(=O)(=O)c2cc(C)ccc2C)cc1C(=O)O. The maximum Gasteiger partial charge on any atom is 0.337 e. The third kappa shape index (κ3) is 6.14. The third-order valence-corrected chi connectivity index (χ3v) is 6.97. The van der Waals surface area contributed by atoms with Gasteiger partial charge >= 0.3 is 5.97 Å². The second-order valence-corrected chi connectivity index (χ2v) is 9.82. The number of unbranched alkanes of at least 4 members (excludes halogenated alkanes) is 1. The zero-order valence-electron chi connectivity index (χ0n) is 19.2. The maximum atomic E-state index is 13.0. The summed E-state index contributed by atoms with van der Waals surface area (Å²) in [6.45, 7) is 6.90. The summed E-state index contributed by atoms with van der Waals surface area (Å²) in [7, 11) is -3.86. The number of nitrogens with one attached hydrogen (secondary N) is 1. The third-order valence-electron chi connectivity index (χ3n) is 5.45. The molecule has 0 saturated carbocycles. The lowest BCUT2D eigenvalue weighted by atomic mass is 10.1. The maximum absolute atomic E-state index is 13.0. The summed E-state index contributed by atoms with van der Waals surface area (Å²) in [5.41, 5.74) is 3.36. The molecule has 0 amide bonds. The molecule has 174 valence electrons. The number of sulfonamides is 1. The number of carbonyl (C=O) groups is 1. The fourth-order valence-corrected chi connectivity index (χ4v) is 5.07. The molecule has 3 aromatic carbocycles. The van der Waals surface area contributed by atoms with Crippen LogP contribution in [0.5, 0.6) is 0 Å². The van der Waals surface area contributed by atoms with Gasteiger partial charge in [0, 0.05) is 18.8 Å². The van der Waals surface area contributed by atoms with Gasteiger partial charge < -0.3 is 10.0 Å². The Morgan fingerprint density at radius 1 is 1.00 bits per heavy atom. The molecule has 0 aliphatic heterocycles. The van der Waals surface area contributed by atoms with E-state index in [0.717, 1.165) is 24.0 Å². The first-order valence-electron chi connectivity index (χ1n) is 11.0. The van der Waals surface area contributed by atoms with Gasteiger partial charge in [0.25, 0.3) is 10.0 Å². The predicted molar refractivity (Wildman–Crippen MR) is 133 cm³/mol. The van der Waals surface area contributed by atoms with Crippen molar-refractivity contribution in [1.29, 1.82) is 0 Å². The number of aryl methyl sites for hydroxylation is 2. The number of benzene rings is 3. The molecular formula is C26H30N2O4S. The highest BCUT2D eigenvalue weighted by molar-refractivity contribution is 7.92. The Bertz CT molecular complexity index is 1220. The lowest BCUT2D eigenvalue weighted by Gasteiger charge is -2.27. The molecule has 2 N–H and O–H groups in total. The average Bonchev–Trinajstić information content (AvgIpc) is 2.78. The summed E-state index contributed by atoms with van der Waals surface area (Å²) in [5.74, 6) is -1.10. The van der Waals surface area contributed by atoms with Crippen LogP contribution in [0.3, 0.4) is 0 Å². The highest BCUT2D eigenvalue weighted by Gasteiger charge is 2.21. The lowest BCUT2D eigenvalue weighted by molar-refractivity contribution is 0.0697. The van der Waals surface area contributed by atoms with Gasteiger partial charge in [0.1, 0.15) is 0 Å². The number of rotatable bonds is 10. The Kier molecular flexibility index (Phi) is 7.76. The summed E-state index contributed by atoms with van der Waals surface area (Å²) in [6.07, 6.45) is 1.88. The van der Waals surface area contributed by atoms with Crippen LogP contribution in [-0.2, 0) is 16.6 Å². The molecule has 0 fully saturated rings. The van der Waals surface area contributed by atoms with Crippen LogP contribution >= 0.6 is 0 Å². The molecule has 3 rings (SSSR count). The topological polar surface area (TPSA) is 86.7 Å². The van der Waals surface area contributed by atoms with Crippen LogP contribution < -0.4 is 9.62 Å². The zero-order chi connectivity index (χ0) is 24.0. The molecule has 0 spiro atoms. The Labute approximate surface area is 195 Å². The Hall–Kier alpha value is -3.32. The van der Waals surface area contributed by atoms with Gasteiger partial charge in [-0.2, -0.15) is 0 Å². The van der Waals surface area contributed by atoms with Gasteiger partial charge in [0.05, 0.1) is 16.1 Å². The molecule has 0 aromatic heterocycles. The van der Waals surface area contributed by atoms with Crippen molar-refractivity contribution in [2.45, 2.75) is 45.1 Å². The number of carboxylic acid groups (broad SMARTS) is 1. The smallest absolute Gasteiger partial charge is 0.337 e. The number of anilines is 2. The molecule has 0 atom stereocenters. The van der Waals surface area contributed by atoms with Crippen molar-refractivity contribution < 1.29 is 18.3 Å². The Morgan fingerprint density at radius 3 is 2.39 bits per heavy atom. The van der Waals surface area contributed by atoms with Crippen LogP contribution in [-0.4, -0.2) is 26.0 Å². The molecule has 0 radical (unpaired) electrons. The minimum Gasteiger partial charge on any atom is -0.478 e. The van der Waals surface area contributed by atoms with E-state index >= 15 is 0 Å². The van der Waals surface area contributed by atoms with Gasteiger partial charge in [-0.1, -0.05) is 55.8 Å². The van der Waals surface area contributed by atoms with Crippen LogP contribution in [0.25, 0.3) is 0 Å². The van der Waals surface area contributed by atoms with Crippen molar-refractivity contribution in [3.63, 3.8) is 0 Å². The number of hydrogen-bond donors (Lipinski definition) is 2. The zero-order valence-corrected chi connectivity index (χ0v) is 20.0. The predicted octanol–water partition coefficient (Wildman–Crippen LogP) is 5.61. The molecular weight excluding hydrogens is 436 g/mol. The molecule has 0 unspecified atom stereocenters. The number of aromatic carboxylic acids is 1. The van der Waals surface area contributed by atoms with Gasteiger partial charge in [0.15, 0.2) is 0 Å². The average molecular weight is 467 g/mol. The van der Waals surface area contributed by atoms with Crippen LogP contribution in [0.15, 0.2) is 71.6 Å². The molecule has 0 aliphatic rings. The van der Waals surface area contributed by atoms with Gasteiger partial charge in [-0.15, -0.1) is 0 Å². The molecule has 3 aromatic rings. The van der Waals surface area contributed by atoms with Gasteiger partial charge in [0.2, 0.25) is 0 Å². The highest BCUT2D eigenvalue weighted by atomic mass is 32.2. The summed E-state index contributed by atoms with van der Waals surface area (Å²) in [6, 6.07) is 19.8. The molecule has 33 heavy (non-hydrogen) atoms. The van der Waals surface area contributed by atoms with Crippen LogP contribution in [0.1, 0.15) is 46.8 Å². The van der Waals surface area contributed by atoms with E-state index in [0.29, 0.717) is 24.3 Å². The normalized spacial score (nSPS) is 11.2. The number of hydrogen-bond acceptors (Lipinski definition) is 4. The quantitative estimate of drug-likeness (QED) is 0.406. The summed E-state index contributed by atoms with van der Waals surface area (Å²) >= 11 is 0. The van der Waals surface area contributed by atoms with Gasteiger partial charge in [-0.05, 0) is 61.2 Å². The summed E-state index contributed by atoms with van der Waals surface area (Å²) < 4.78 is 28.5. The van der Waals surface area contributed by atoms with Crippen molar-refractivity contribution in [1.82, 2.24) is 0 Å². The second-order valence-electron chi connectivity index (χ2n) is 8.17. The van der Waals surface area contributed by atoms with Gasteiger partial charge in [-0.3, -0.25) is 4.72 Å². The molecule has 0 aliphatic carbocycles. The minimum absolute atomic E-state index is 0.0585. The lowest BCUT2D eigenvalue weighted by Crippen LogP contribution is -2.26. The van der Waals surface area contributed by atoms with Crippen molar-refractivity contribution >= 4 is 27.4 Å². The molecule has 0 bridgehead atoms. The monoisotopic (exact) mass is 466 g/mol. The van der Waals surface area contributed by atoms with E-state index in [9.17, 15) is 18.3 Å². The van der Waals surface area contributed by atoms with Crippen molar-refractivity contribution in [2.24, 2.45) is 0 Å². The molecule has 6 nitrogen and oxygen atoms in total. The van der Waals surface area contributed by atoms with E-state index in [1.165, 1.54) is 6.07 Å². The molecule has 0 heterocycles. The fourth-order valence-electron chi connectivity index (χ4n) is 3.69. The van der Waals surface area contributed by atoms with Gasteiger partial charge in [-0.25, -0.2) is 13.2 Å². The van der Waals surface area contributed by atoms with Crippen LogP contribution in [0.4, 0.5) is 11.4 Å². The van der Waals surface area contributed by atoms with E-state index in [4.69, 9.17) is 0 Å². The number of nitrogens with zero attached hydrogens (tertiary/aromatic N) is 1. The highest BCUT2D eigenvalue weighted by Crippen LogP contribution is 2.28. The van der Waals surface area contributed by atoms with E-state index in [-0.39, 0.29) is 16.1 Å². The fraction of sp³-hybridized carbons (Fsp3) is 0.269. The number of carboxylic acids is 1. The standard InChI is InChI=1S/C26H30N2O4S/c1-4-5-15-28(18-21-9-7-6-8-10-21)24-14-13-22(17-23(24)26(29)30)27-33(31,32)25-16-19(2)11-12-20(25)3/h6-14,16-17,27H,4-5,15,18H2,1-3H3,(H,29,30). The first kappa shape index (κ1) is 24.3. The van der Waals surface area contributed by atoms with Crippen LogP contribution in [0, 0.1) is 13.8 Å². The Balaban J connectivity index is 1.96. The first-order valence-corrected chi connectivity index (χ1v) is 12.5. The second kappa shape index (κ2) is 10.5. The van der Waals surface area contributed by atoms with E-state index in [2.05, 4.69) is 11.6 Å². The largest absolute Gasteiger partial charge is 0.478 e. The summed E-state index contributed by atoms with van der Waals surface area (Å²) in [5, 5.41) is 9.92. The first-order chi connectivity index (χ1) is 15.7. The van der Waals surface area contributed by atoms with E-state index in [1.807, 2.05) is 48.2 Å². The molecule has 7 heteroatoms. The van der Waals surface area contributed by atoms with E-state index < -0.39 is 16.0 Å². The summed E-state index contributed by atoms with van der Waals surface area (Å²) in [4.78, 5) is 14.3. The van der Waals surface area contributed by atoms with E-state index in [1.54, 1.807) is 31.2 Å². The molecule has 0 saturated heterocycles. The van der Waals surface area contributed by atoms with Crippen molar-refractivity contribution in [3.05, 3.63) is 89.0 Å². The van der Waals surface area contributed by atoms with Crippen molar-refractivity contribution in [3.8, 4) is 0 Å².